The van der Waals surface area contributed by atoms with Gasteiger partial charge in [-0.25, -0.2) is 8.42 Å². The average molecular weight is 680 g/mol. The molecular weight excluding hydrogens is 615 g/mol. The molecule has 0 unspecified atom stereocenters. The number of ether oxygens (including phenoxy) is 2. The summed E-state index contributed by atoms with van der Waals surface area (Å²) in [6.07, 6.45) is 31.7. The number of unbranched alkanes of at least 4 members (excludes halogenated alkanes) is 17. The summed E-state index contributed by atoms with van der Waals surface area (Å²) in [4.78, 5) is -0.178. The summed E-state index contributed by atoms with van der Waals surface area (Å²) in [7, 11) is -4.27. The number of rotatable bonds is 26. The lowest BCUT2D eigenvalue weighted by Crippen LogP contribution is -2.29. The Morgan fingerprint density at radius 2 is 1.39 bits per heavy atom. The molecule has 0 amide bonds. The van der Waals surface area contributed by atoms with Crippen molar-refractivity contribution in [2.24, 2.45) is 5.92 Å². The van der Waals surface area contributed by atoms with E-state index in [2.05, 4.69) is 28.6 Å². The molecule has 46 heavy (non-hydrogen) atoms. The van der Waals surface area contributed by atoms with Gasteiger partial charge in [-0.15, -0.1) is 0 Å². The third-order valence-corrected chi connectivity index (χ3v) is 10.5. The van der Waals surface area contributed by atoms with Gasteiger partial charge >= 0.3 is 0 Å². The second-order valence-corrected chi connectivity index (χ2v) is 15.5. The van der Waals surface area contributed by atoms with Gasteiger partial charge < -0.3 is 14.0 Å². The van der Waals surface area contributed by atoms with Crippen molar-refractivity contribution in [3.8, 4) is 0 Å². The summed E-state index contributed by atoms with van der Waals surface area (Å²) in [5.74, 6) is 0.780. The quantitative estimate of drug-likeness (QED) is 0.0562. The summed E-state index contributed by atoms with van der Waals surface area (Å²) in [6.45, 7) is 7.97. The molecule has 0 N–H and O–H groups in total. The maximum Gasteiger partial charge on any atom is 0.224 e. The molecule has 0 saturated carbocycles. The van der Waals surface area contributed by atoms with Gasteiger partial charge in [0.15, 0.2) is 6.20 Å². The third-order valence-electron chi connectivity index (χ3n) is 8.98. The zero-order valence-corrected chi connectivity index (χ0v) is 30.8. The van der Waals surface area contributed by atoms with Crippen LogP contribution < -0.4 is 4.57 Å². The molecule has 2 heterocycles. The Hall–Kier alpha value is -1.32. The molecule has 8 heteroatoms. The van der Waals surface area contributed by atoms with E-state index in [0.717, 1.165) is 31.3 Å². The lowest BCUT2D eigenvalue weighted by Gasteiger charge is -2.10. The molecular formula is C38H65NO5S2. The van der Waals surface area contributed by atoms with Crippen LogP contribution in [0.5, 0.6) is 0 Å². The summed E-state index contributed by atoms with van der Waals surface area (Å²) in [6, 6.07) is 5.78. The van der Waals surface area contributed by atoms with Crippen LogP contribution in [0.3, 0.4) is 0 Å². The van der Waals surface area contributed by atoms with Crippen LogP contribution >= 0.6 is 11.3 Å². The van der Waals surface area contributed by atoms with Crippen LogP contribution in [0.15, 0.2) is 46.2 Å². The van der Waals surface area contributed by atoms with Crippen LogP contribution in [0, 0.1) is 12.8 Å². The van der Waals surface area contributed by atoms with Gasteiger partial charge in [0.1, 0.15) is 16.7 Å². The molecule has 3 rings (SSSR count). The zero-order chi connectivity index (χ0) is 33.1. The van der Waals surface area contributed by atoms with Gasteiger partial charge in [0.25, 0.3) is 0 Å². The van der Waals surface area contributed by atoms with Gasteiger partial charge in [0.05, 0.1) is 23.0 Å². The summed E-state index contributed by atoms with van der Waals surface area (Å²) < 4.78 is 45.4. The standard InChI is InChI=1S/C31H58NO2S.C7H8O3S/c1-2-3-4-5-6-7-8-9-10-11-12-13-15-18-21-30-26-31(34-27-30)28-33-24-20-17-14-16-19-22-32-23-25-35-29-32;1-6-2-4-7(5-3-6)11(8,9)10/h23,25,29-31H,2-22,24,26-28H2,1H3;2-5H,1H3,(H,8,9,10)/q+1;/p-1/t30-,31+;/m0./s1. The highest BCUT2D eigenvalue weighted by molar-refractivity contribution is 7.85. The van der Waals surface area contributed by atoms with Crippen molar-refractivity contribution in [3.05, 3.63) is 46.9 Å². The van der Waals surface area contributed by atoms with Gasteiger partial charge in [-0.05, 0) is 50.7 Å². The van der Waals surface area contributed by atoms with Crippen LogP contribution in [-0.2, 0) is 26.1 Å². The second-order valence-electron chi connectivity index (χ2n) is 13.3. The van der Waals surface area contributed by atoms with E-state index in [4.69, 9.17) is 9.47 Å². The normalized spacial score (nSPS) is 16.4. The van der Waals surface area contributed by atoms with E-state index in [1.54, 1.807) is 23.5 Å². The molecule has 0 aliphatic carbocycles. The number of benzene rings is 1. The van der Waals surface area contributed by atoms with Gasteiger partial charge in [-0.1, -0.05) is 139 Å². The monoisotopic (exact) mass is 679 g/mol. The van der Waals surface area contributed by atoms with E-state index >= 15 is 0 Å². The van der Waals surface area contributed by atoms with Gasteiger partial charge in [-0.3, -0.25) is 0 Å². The Bertz CT molecular complexity index is 1060. The molecule has 1 aromatic carbocycles. The van der Waals surface area contributed by atoms with Crippen LogP contribution in [-0.4, -0.2) is 38.9 Å². The summed E-state index contributed by atoms with van der Waals surface area (Å²) in [5, 5.41) is 2.15. The van der Waals surface area contributed by atoms with Gasteiger partial charge in [0.2, 0.25) is 5.51 Å². The molecule has 264 valence electrons. The number of aryl methyl sites for hydroxylation is 2. The smallest absolute Gasteiger partial charge is 0.224 e. The predicted octanol–water partition coefficient (Wildman–Crippen LogP) is 10.2. The van der Waals surface area contributed by atoms with Gasteiger partial charge in [-0.2, -0.15) is 4.57 Å². The van der Waals surface area contributed by atoms with Crippen LogP contribution in [0.4, 0.5) is 0 Å². The van der Waals surface area contributed by atoms with E-state index in [0.29, 0.717) is 6.10 Å². The van der Waals surface area contributed by atoms with Crippen LogP contribution in [0.25, 0.3) is 0 Å². The minimum Gasteiger partial charge on any atom is -0.744 e. The minimum atomic E-state index is -4.27. The summed E-state index contributed by atoms with van der Waals surface area (Å²) in [5.41, 5.74) is 3.13. The molecule has 1 aliphatic rings. The fraction of sp³-hybridized carbons (Fsp3) is 0.763. The van der Waals surface area contributed by atoms with E-state index in [9.17, 15) is 13.0 Å². The Morgan fingerprint density at radius 1 is 0.826 bits per heavy atom. The molecule has 1 saturated heterocycles. The molecule has 1 aromatic heterocycles. The fourth-order valence-corrected chi connectivity index (χ4v) is 7.16. The van der Waals surface area contributed by atoms with Crippen molar-refractivity contribution in [1.82, 2.24) is 0 Å². The number of aromatic nitrogens is 1. The molecule has 1 fully saturated rings. The highest BCUT2D eigenvalue weighted by Crippen LogP contribution is 2.25. The number of hydrogen-bond acceptors (Lipinski definition) is 6. The highest BCUT2D eigenvalue weighted by atomic mass is 32.2. The Labute approximate surface area is 286 Å². The molecule has 6 nitrogen and oxygen atoms in total. The topological polar surface area (TPSA) is 79.5 Å². The number of thiazole rings is 1. The second kappa shape index (κ2) is 26.6. The average Bonchev–Trinajstić information content (AvgIpc) is 3.73. The predicted molar refractivity (Wildman–Crippen MR) is 190 cm³/mol. The summed E-state index contributed by atoms with van der Waals surface area (Å²) >= 11 is 1.77. The molecule has 2 atom stereocenters. The number of hydrogen-bond donors (Lipinski definition) is 0. The van der Waals surface area contributed by atoms with Crippen LogP contribution in [0.1, 0.15) is 147 Å². The van der Waals surface area contributed by atoms with Crippen molar-refractivity contribution < 1.29 is 27.0 Å². The largest absolute Gasteiger partial charge is 0.744 e. The maximum absolute atomic E-state index is 10.4. The highest BCUT2D eigenvalue weighted by Gasteiger charge is 2.25. The molecule has 0 radical (unpaired) electrons. The first-order chi connectivity index (χ1) is 22.4. The van der Waals surface area contributed by atoms with Crippen molar-refractivity contribution >= 4 is 21.5 Å². The van der Waals surface area contributed by atoms with E-state index in [-0.39, 0.29) is 4.90 Å². The van der Waals surface area contributed by atoms with Crippen LogP contribution in [0.2, 0.25) is 0 Å². The van der Waals surface area contributed by atoms with Gasteiger partial charge in [0, 0.05) is 19.6 Å². The van der Waals surface area contributed by atoms with Crippen molar-refractivity contribution in [3.63, 3.8) is 0 Å². The Balaban J connectivity index is 0.000000562. The lowest BCUT2D eigenvalue weighted by molar-refractivity contribution is -0.692. The lowest BCUT2D eigenvalue weighted by atomic mass is 9.97. The fourth-order valence-electron chi connectivity index (χ4n) is 6.06. The SMILES string of the molecule is CCCCCCCCCCCCCCCC[C@@H]1CO[C@@H](COCCCCCCC[n+]2ccsc2)C1.Cc1ccc(S(=O)(=O)[O-])cc1. The molecule has 2 aromatic rings. The molecule has 0 bridgehead atoms. The van der Waals surface area contributed by atoms with E-state index in [1.807, 2.05) is 6.92 Å². The first-order valence-electron chi connectivity index (χ1n) is 18.5. The Morgan fingerprint density at radius 3 is 1.96 bits per heavy atom. The first kappa shape index (κ1) is 40.9. The maximum atomic E-state index is 10.4. The third kappa shape index (κ3) is 21.5. The molecule has 0 spiro atoms. The van der Waals surface area contributed by atoms with Crippen molar-refractivity contribution in [2.75, 3.05) is 19.8 Å². The zero-order valence-electron chi connectivity index (χ0n) is 29.2. The van der Waals surface area contributed by atoms with Crippen molar-refractivity contribution in [1.29, 1.82) is 0 Å². The molecule has 1 aliphatic heterocycles. The van der Waals surface area contributed by atoms with Crippen molar-refractivity contribution in [2.45, 2.75) is 166 Å². The Kier molecular flexibility index (Phi) is 23.6. The van der Waals surface area contributed by atoms with E-state index in [1.165, 1.54) is 154 Å². The minimum absolute atomic E-state index is 0.178. The van der Waals surface area contributed by atoms with E-state index < -0.39 is 10.1 Å². The first-order valence-corrected chi connectivity index (χ1v) is 20.9. The number of nitrogens with zero attached hydrogens (tertiary/aromatic N) is 1.